The molecule has 0 nitrogen and oxygen atoms in total. The van der Waals surface area contributed by atoms with E-state index in [0.717, 1.165) is 6.42 Å². The van der Waals surface area contributed by atoms with Crippen molar-refractivity contribution in [1.29, 1.82) is 0 Å². The van der Waals surface area contributed by atoms with Crippen molar-refractivity contribution in [1.82, 2.24) is 0 Å². The van der Waals surface area contributed by atoms with E-state index in [-0.39, 0.29) is 0 Å². The third-order valence-electron chi connectivity index (χ3n) is 7.78. The van der Waals surface area contributed by atoms with Crippen LogP contribution in [0.4, 0.5) is 0 Å². The van der Waals surface area contributed by atoms with Crippen molar-refractivity contribution >= 4 is 54.4 Å². The second kappa shape index (κ2) is 9.59. The van der Waals surface area contributed by atoms with Gasteiger partial charge in [-0.3, -0.25) is 0 Å². The van der Waals surface area contributed by atoms with Gasteiger partial charge in [-0.15, -0.1) is 11.3 Å². The Labute approximate surface area is 227 Å². The first-order chi connectivity index (χ1) is 18.8. The summed E-state index contributed by atoms with van der Waals surface area (Å²) in [4.78, 5) is 0. The van der Waals surface area contributed by atoms with Gasteiger partial charge in [-0.1, -0.05) is 109 Å². The molecule has 38 heavy (non-hydrogen) atoms. The number of fused-ring (bicyclic) bond motifs is 6. The Morgan fingerprint density at radius 2 is 1.42 bits per heavy atom. The molecule has 0 fully saturated rings. The lowest BCUT2D eigenvalue weighted by Gasteiger charge is -2.23. The van der Waals surface area contributed by atoms with Gasteiger partial charge in [0.05, 0.1) is 0 Å². The molecule has 0 saturated heterocycles. The molecule has 1 heterocycles. The van der Waals surface area contributed by atoms with Crippen LogP contribution in [0.3, 0.4) is 0 Å². The van der Waals surface area contributed by atoms with Crippen LogP contribution in [-0.4, -0.2) is 0 Å². The van der Waals surface area contributed by atoms with E-state index in [4.69, 9.17) is 0 Å². The van der Waals surface area contributed by atoms with Crippen molar-refractivity contribution < 1.29 is 0 Å². The van der Waals surface area contributed by atoms with Crippen LogP contribution in [0.25, 0.3) is 54.2 Å². The molecule has 0 aliphatic heterocycles. The van der Waals surface area contributed by atoms with Crippen LogP contribution >= 0.6 is 11.3 Å². The summed E-state index contributed by atoms with van der Waals surface area (Å²) in [5.74, 6) is 0.382. The molecule has 1 aromatic heterocycles. The monoisotopic (exact) mass is 504 g/mol. The summed E-state index contributed by atoms with van der Waals surface area (Å²) in [7, 11) is 0. The molecule has 0 saturated carbocycles. The van der Waals surface area contributed by atoms with Gasteiger partial charge in [0.15, 0.2) is 0 Å². The molecule has 0 spiro atoms. The molecule has 1 unspecified atom stereocenters. The number of thiophene rings is 1. The van der Waals surface area contributed by atoms with E-state index >= 15 is 0 Å². The highest BCUT2D eigenvalue weighted by Crippen LogP contribution is 2.39. The highest BCUT2D eigenvalue weighted by Gasteiger charge is 2.19. The normalized spacial score (nSPS) is 15.3. The van der Waals surface area contributed by atoms with Crippen LogP contribution in [0.2, 0.25) is 0 Å². The van der Waals surface area contributed by atoms with Gasteiger partial charge in [-0.05, 0) is 81.8 Å². The Kier molecular flexibility index (Phi) is 5.80. The molecule has 0 N–H and O–H groups in total. The summed E-state index contributed by atoms with van der Waals surface area (Å²) in [6, 6.07) is 36.0. The molecule has 182 valence electrons. The number of rotatable bonds is 4. The van der Waals surface area contributed by atoms with E-state index in [2.05, 4.69) is 140 Å². The third kappa shape index (κ3) is 4.00. The second-order valence-electron chi connectivity index (χ2n) is 10.1. The van der Waals surface area contributed by atoms with E-state index < -0.39 is 0 Å². The molecule has 0 radical (unpaired) electrons. The molecule has 6 aromatic rings. The summed E-state index contributed by atoms with van der Waals surface area (Å²) >= 11 is 1.87. The Morgan fingerprint density at radius 3 is 2.26 bits per heavy atom. The molecule has 7 rings (SSSR count). The van der Waals surface area contributed by atoms with Crippen LogP contribution in [-0.2, 0) is 6.42 Å². The van der Waals surface area contributed by atoms with Gasteiger partial charge in [0.25, 0.3) is 0 Å². The molecule has 1 aliphatic carbocycles. The minimum absolute atomic E-state index is 0.382. The first kappa shape index (κ1) is 23.0. The van der Waals surface area contributed by atoms with E-state index in [9.17, 15) is 0 Å². The van der Waals surface area contributed by atoms with Gasteiger partial charge in [0.1, 0.15) is 0 Å². The highest BCUT2D eigenvalue weighted by molar-refractivity contribution is 7.25. The van der Waals surface area contributed by atoms with E-state index in [1.54, 1.807) is 0 Å². The first-order valence-corrected chi connectivity index (χ1v) is 14.1. The second-order valence-corrected chi connectivity index (χ2v) is 11.1. The molecule has 1 atom stereocenters. The van der Waals surface area contributed by atoms with Gasteiger partial charge in [-0.2, -0.15) is 0 Å². The Bertz CT molecular complexity index is 1890. The standard InChI is InChI=1S/C37H28S/c1-2-3-4-9-29-22-30-19-18-27(23-34(30)32-11-6-5-10-31(29)32)25-14-16-26(17-15-25)28-20-21-37-35(24-28)33-12-7-8-13-36(33)38-37/h2-22,24,27H,23H2,1H3/b3-2-,9-4-. The Morgan fingerprint density at radius 1 is 0.684 bits per heavy atom. The van der Waals surface area contributed by atoms with E-state index in [1.807, 2.05) is 11.3 Å². The van der Waals surface area contributed by atoms with E-state index in [1.165, 1.54) is 64.3 Å². The van der Waals surface area contributed by atoms with Gasteiger partial charge in [0.2, 0.25) is 0 Å². The number of benzene rings is 5. The van der Waals surface area contributed by atoms with Crippen molar-refractivity contribution in [2.45, 2.75) is 19.3 Å². The molecule has 1 aliphatic rings. The van der Waals surface area contributed by atoms with Crippen LogP contribution < -0.4 is 0 Å². The smallest absolute Gasteiger partial charge is 0.0355 e. The van der Waals surface area contributed by atoms with E-state index in [0.29, 0.717) is 5.92 Å². The van der Waals surface area contributed by atoms with Crippen LogP contribution in [0.5, 0.6) is 0 Å². The zero-order valence-corrected chi connectivity index (χ0v) is 22.2. The summed E-state index contributed by atoms with van der Waals surface area (Å²) < 4.78 is 2.71. The summed E-state index contributed by atoms with van der Waals surface area (Å²) in [5.41, 5.74) is 8.00. The number of hydrogen-bond acceptors (Lipinski definition) is 1. The lowest BCUT2D eigenvalue weighted by molar-refractivity contribution is 0.833. The largest absolute Gasteiger partial charge is 0.135 e. The van der Waals surface area contributed by atoms with Crippen molar-refractivity contribution in [3.05, 3.63) is 144 Å². The molecule has 1 heteroatoms. The maximum atomic E-state index is 2.38. The Hall–Kier alpha value is -4.20. The quantitative estimate of drug-likeness (QED) is 0.209. The molecular formula is C37H28S. The van der Waals surface area contributed by atoms with Crippen molar-refractivity contribution in [3.8, 4) is 11.1 Å². The maximum Gasteiger partial charge on any atom is 0.0355 e. The minimum atomic E-state index is 0.382. The number of hydrogen-bond donors (Lipinski definition) is 0. The molecule has 0 amide bonds. The van der Waals surface area contributed by atoms with Crippen LogP contribution in [0, 0.1) is 0 Å². The molecule has 0 bridgehead atoms. The third-order valence-corrected chi connectivity index (χ3v) is 8.93. The van der Waals surface area contributed by atoms with Crippen LogP contribution in [0.15, 0.2) is 121 Å². The fourth-order valence-electron chi connectivity index (χ4n) is 5.84. The summed E-state index contributed by atoms with van der Waals surface area (Å²) in [5, 5.41) is 5.40. The summed E-state index contributed by atoms with van der Waals surface area (Å²) in [6.07, 6.45) is 14.2. The lowest BCUT2D eigenvalue weighted by Crippen LogP contribution is -2.07. The Balaban J connectivity index is 1.21. The lowest BCUT2D eigenvalue weighted by atomic mass is 9.81. The predicted octanol–water partition coefficient (Wildman–Crippen LogP) is 10.8. The fraction of sp³-hybridized carbons (Fsp3) is 0.0811. The van der Waals surface area contributed by atoms with Gasteiger partial charge in [-0.25, -0.2) is 0 Å². The van der Waals surface area contributed by atoms with Gasteiger partial charge < -0.3 is 0 Å². The predicted molar refractivity (Wildman–Crippen MR) is 168 cm³/mol. The number of allylic oxidation sites excluding steroid dienone is 4. The van der Waals surface area contributed by atoms with Crippen molar-refractivity contribution in [3.63, 3.8) is 0 Å². The molecule has 5 aromatic carbocycles. The van der Waals surface area contributed by atoms with Gasteiger partial charge >= 0.3 is 0 Å². The average molecular weight is 505 g/mol. The SMILES string of the molecule is C/C=C\C=C/c1cc2c(c3ccccc13)CC(c1ccc(-c3ccc4sc5ccccc5c4c3)cc1)C=C2. The van der Waals surface area contributed by atoms with Crippen molar-refractivity contribution in [2.24, 2.45) is 0 Å². The maximum absolute atomic E-state index is 2.38. The topological polar surface area (TPSA) is 0 Å². The zero-order chi connectivity index (χ0) is 25.5. The zero-order valence-electron chi connectivity index (χ0n) is 21.4. The van der Waals surface area contributed by atoms with Gasteiger partial charge in [0, 0.05) is 26.1 Å². The van der Waals surface area contributed by atoms with Crippen LogP contribution in [0.1, 0.15) is 35.1 Å². The van der Waals surface area contributed by atoms with Crippen molar-refractivity contribution in [2.75, 3.05) is 0 Å². The fourth-order valence-corrected chi connectivity index (χ4v) is 6.92. The molecular weight excluding hydrogens is 476 g/mol. The summed E-state index contributed by atoms with van der Waals surface area (Å²) in [6.45, 7) is 2.05. The average Bonchev–Trinajstić information content (AvgIpc) is 3.35. The highest BCUT2D eigenvalue weighted by atomic mass is 32.1. The first-order valence-electron chi connectivity index (χ1n) is 13.3. The minimum Gasteiger partial charge on any atom is -0.135 e.